The third kappa shape index (κ3) is 3.55. The molecule has 0 spiro atoms. The Morgan fingerprint density at radius 1 is 1.13 bits per heavy atom. The monoisotopic (exact) mass is 355 g/mol. The van der Waals surface area contributed by atoms with Crippen LogP contribution < -0.4 is 5.73 Å². The molecule has 126 valence electrons. The fraction of sp³-hybridized carbons (Fsp3) is 0.533. The molecule has 1 amide bonds. The van der Waals surface area contributed by atoms with Crippen molar-refractivity contribution in [3.63, 3.8) is 0 Å². The van der Waals surface area contributed by atoms with Gasteiger partial charge in [0.25, 0.3) is 5.91 Å². The van der Waals surface area contributed by atoms with Crippen LogP contribution in [0.5, 0.6) is 0 Å². The second-order valence-corrected chi connectivity index (χ2v) is 9.00. The van der Waals surface area contributed by atoms with Gasteiger partial charge in [0, 0.05) is 49.3 Å². The maximum atomic E-state index is 12.5. The first-order chi connectivity index (χ1) is 11.0. The van der Waals surface area contributed by atoms with E-state index in [0.29, 0.717) is 25.1 Å². The van der Waals surface area contributed by atoms with Crippen molar-refractivity contribution in [3.05, 3.63) is 29.8 Å². The van der Waals surface area contributed by atoms with Crippen molar-refractivity contribution in [3.8, 4) is 0 Å². The van der Waals surface area contributed by atoms with Crippen LogP contribution in [-0.2, 0) is 10.0 Å². The minimum atomic E-state index is -3.51. The molecule has 1 aromatic rings. The fourth-order valence-electron chi connectivity index (χ4n) is 2.84. The number of sulfonamides is 1. The number of carbonyl (C=O) groups is 1. The number of benzene rings is 1. The molecule has 8 heteroatoms. The van der Waals surface area contributed by atoms with Crippen molar-refractivity contribution >= 4 is 27.7 Å². The van der Waals surface area contributed by atoms with Crippen LogP contribution in [-0.4, -0.2) is 67.3 Å². The molecule has 0 unspecified atom stereocenters. The molecule has 2 saturated heterocycles. The molecule has 1 aromatic carbocycles. The summed E-state index contributed by atoms with van der Waals surface area (Å²) in [5.74, 6) is 1.87. The van der Waals surface area contributed by atoms with Gasteiger partial charge in [-0.25, -0.2) is 8.42 Å². The van der Waals surface area contributed by atoms with Crippen molar-refractivity contribution in [2.45, 2.75) is 17.4 Å². The van der Waals surface area contributed by atoms with Crippen LogP contribution in [0.2, 0.25) is 0 Å². The lowest BCUT2D eigenvalue weighted by Crippen LogP contribution is -2.37. The maximum absolute atomic E-state index is 12.5. The first-order valence-electron chi connectivity index (χ1n) is 7.71. The Morgan fingerprint density at radius 2 is 1.78 bits per heavy atom. The van der Waals surface area contributed by atoms with E-state index < -0.39 is 10.0 Å². The number of nitrogens with two attached hydrogens (primary N) is 1. The zero-order valence-corrected chi connectivity index (χ0v) is 14.5. The van der Waals surface area contributed by atoms with E-state index in [0.717, 1.165) is 24.6 Å². The lowest BCUT2D eigenvalue weighted by Gasteiger charge is -2.26. The van der Waals surface area contributed by atoms with Gasteiger partial charge in [-0.3, -0.25) is 4.79 Å². The first-order valence-corrected chi connectivity index (χ1v) is 10.3. The SMILES string of the molecule is N[C@@H]1CCN(S(=O)(=O)c2ccc(C(=O)N3CCSCC3)cc2)C1. The van der Waals surface area contributed by atoms with Crippen molar-refractivity contribution in [1.82, 2.24) is 9.21 Å². The van der Waals surface area contributed by atoms with E-state index in [4.69, 9.17) is 5.73 Å². The lowest BCUT2D eigenvalue weighted by atomic mass is 10.2. The molecular formula is C15H21N3O3S2. The summed E-state index contributed by atoms with van der Waals surface area (Å²) >= 11 is 1.84. The number of amides is 1. The normalized spacial score (nSPS) is 23.2. The molecule has 1 atom stereocenters. The van der Waals surface area contributed by atoms with Gasteiger partial charge in [-0.1, -0.05) is 0 Å². The quantitative estimate of drug-likeness (QED) is 0.858. The molecule has 2 fully saturated rings. The Labute approximate surface area is 141 Å². The predicted molar refractivity (Wildman–Crippen MR) is 91.0 cm³/mol. The molecule has 0 radical (unpaired) electrons. The standard InChI is InChI=1S/C15H21N3O3S2/c16-13-5-6-18(11-13)23(20,21)14-3-1-12(2-4-14)15(19)17-7-9-22-10-8-17/h1-4,13H,5-11,16H2/t13-/m1/s1. The number of nitrogens with zero attached hydrogens (tertiary/aromatic N) is 2. The zero-order chi connectivity index (χ0) is 16.4. The van der Waals surface area contributed by atoms with Crippen molar-refractivity contribution in [2.24, 2.45) is 5.73 Å². The molecule has 23 heavy (non-hydrogen) atoms. The molecule has 3 rings (SSSR count). The van der Waals surface area contributed by atoms with E-state index in [1.807, 2.05) is 16.7 Å². The van der Waals surface area contributed by atoms with Crippen LogP contribution in [0, 0.1) is 0 Å². The van der Waals surface area contributed by atoms with Crippen LogP contribution in [0.4, 0.5) is 0 Å². The minimum Gasteiger partial charge on any atom is -0.337 e. The molecule has 0 aromatic heterocycles. The van der Waals surface area contributed by atoms with Crippen molar-refractivity contribution in [1.29, 1.82) is 0 Å². The topological polar surface area (TPSA) is 83.7 Å². The van der Waals surface area contributed by atoms with Crippen LogP contribution in [0.3, 0.4) is 0 Å². The van der Waals surface area contributed by atoms with E-state index in [-0.39, 0.29) is 16.8 Å². The number of carbonyl (C=O) groups excluding carboxylic acids is 1. The highest BCUT2D eigenvalue weighted by Crippen LogP contribution is 2.21. The van der Waals surface area contributed by atoms with E-state index in [1.54, 1.807) is 12.1 Å². The van der Waals surface area contributed by atoms with Gasteiger partial charge in [-0.05, 0) is 30.7 Å². The average molecular weight is 355 g/mol. The van der Waals surface area contributed by atoms with Crippen LogP contribution in [0.15, 0.2) is 29.2 Å². The van der Waals surface area contributed by atoms with Crippen molar-refractivity contribution in [2.75, 3.05) is 37.7 Å². The zero-order valence-electron chi connectivity index (χ0n) is 12.8. The molecule has 0 aliphatic carbocycles. The molecular weight excluding hydrogens is 334 g/mol. The Bertz CT molecular complexity index is 670. The molecule has 0 bridgehead atoms. The molecule has 2 aliphatic rings. The highest BCUT2D eigenvalue weighted by atomic mass is 32.2. The van der Waals surface area contributed by atoms with Gasteiger partial charge in [0.2, 0.25) is 10.0 Å². The summed E-state index contributed by atoms with van der Waals surface area (Å²) in [6.07, 6.45) is 0.683. The van der Waals surface area contributed by atoms with E-state index in [2.05, 4.69) is 0 Å². The first kappa shape index (κ1) is 16.8. The van der Waals surface area contributed by atoms with Crippen molar-refractivity contribution < 1.29 is 13.2 Å². The predicted octanol–water partition coefficient (Wildman–Crippen LogP) is 0.597. The fourth-order valence-corrected chi connectivity index (χ4v) is 5.25. The molecule has 2 heterocycles. The van der Waals surface area contributed by atoms with Gasteiger partial charge in [-0.2, -0.15) is 16.1 Å². The van der Waals surface area contributed by atoms with Crippen LogP contribution in [0.1, 0.15) is 16.8 Å². The highest BCUT2D eigenvalue weighted by Gasteiger charge is 2.31. The highest BCUT2D eigenvalue weighted by molar-refractivity contribution is 7.99. The summed E-state index contributed by atoms with van der Waals surface area (Å²) in [7, 11) is -3.51. The number of rotatable bonds is 3. The molecule has 2 N–H and O–H groups in total. The summed E-state index contributed by atoms with van der Waals surface area (Å²) in [5, 5.41) is 0. The van der Waals surface area contributed by atoms with Gasteiger partial charge in [0.15, 0.2) is 0 Å². The summed E-state index contributed by atoms with van der Waals surface area (Å²) in [6.45, 7) is 2.30. The summed E-state index contributed by atoms with van der Waals surface area (Å²) in [4.78, 5) is 14.4. The van der Waals surface area contributed by atoms with E-state index >= 15 is 0 Å². The smallest absolute Gasteiger partial charge is 0.253 e. The molecule has 6 nitrogen and oxygen atoms in total. The summed E-state index contributed by atoms with van der Waals surface area (Å²) in [5.41, 5.74) is 6.32. The van der Waals surface area contributed by atoms with Gasteiger partial charge < -0.3 is 10.6 Å². The van der Waals surface area contributed by atoms with Gasteiger partial charge in [0.05, 0.1) is 4.90 Å². The van der Waals surface area contributed by atoms with Crippen LogP contribution in [0.25, 0.3) is 0 Å². The Kier molecular flexibility index (Phi) is 4.96. The maximum Gasteiger partial charge on any atom is 0.253 e. The molecule has 0 saturated carbocycles. The number of hydrogen-bond acceptors (Lipinski definition) is 5. The Balaban J connectivity index is 1.75. The number of thioether (sulfide) groups is 1. The third-order valence-electron chi connectivity index (χ3n) is 4.22. The largest absolute Gasteiger partial charge is 0.337 e. The second kappa shape index (κ2) is 6.80. The van der Waals surface area contributed by atoms with Crippen LogP contribution >= 0.6 is 11.8 Å². The Morgan fingerprint density at radius 3 is 2.35 bits per heavy atom. The van der Waals surface area contributed by atoms with Gasteiger partial charge in [-0.15, -0.1) is 0 Å². The summed E-state index contributed by atoms with van der Waals surface area (Å²) < 4.78 is 26.5. The second-order valence-electron chi connectivity index (χ2n) is 5.84. The molecule has 2 aliphatic heterocycles. The average Bonchev–Trinajstić information content (AvgIpc) is 3.02. The minimum absolute atomic E-state index is 0.0301. The number of hydrogen-bond donors (Lipinski definition) is 1. The van der Waals surface area contributed by atoms with Gasteiger partial charge in [0.1, 0.15) is 0 Å². The van der Waals surface area contributed by atoms with E-state index in [9.17, 15) is 13.2 Å². The lowest BCUT2D eigenvalue weighted by molar-refractivity contribution is 0.0772. The Hall–Kier alpha value is -1.09. The van der Waals surface area contributed by atoms with E-state index in [1.165, 1.54) is 16.4 Å². The summed E-state index contributed by atoms with van der Waals surface area (Å²) in [6, 6.07) is 6.15. The van der Waals surface area contributed by atoms with Gasteiger partial charge >= 0.3 is 0 Å². The third-order valence-corrected chi connectivity index (χ3v) is 7.05.